The molecule has 0 saturated heterocycles. The van der Waals surface area contributed by atoms with Crippen LogP contribution in [0.15, 0.2) is 18.2 Å². The molecular weight excluding hydrogens is 370 g/mol. The van der Waals surface area contributed by atoms with Gasteiger partial charge in [-0.15, -0.1) is 0 Å². The molecule has 2 heterocycles. The van der Waals surface area contributed by atoms with Crippen LogP contribution in [0.25, 0.3) is 0 Å². The van der Waals surface area contributed by atoms with Crippen LogP contribution in [0.2, 0.25) is 0 Å². The van der Waals surface area contributed by atoms with E-state index in [1.165, 1.54) is 7.11 Å². The van der Waals surface area contributed by atoms with Crippen LogP contribution in [0.1, 0.15) is 72.3 Å². The first-order chi connectivity index (χ1) is 13.9. The van der Waals surface area contributed by atoms with Gasteiger partial charge in [-0.05, 0) is 31.5 Å². The van der Waals surface area contributed by atoms with Crippen molar-refractivity contribution in [2.45, 2.75) is 51.9 Å². The highest BCUT2D eigenvalue weighted by Crippen LogP contribution is 2.43. The van der Waals surface area contributed by atoms with Crippen molar-refractivity contribution < 1.29 is 23.8 Å². The van der Waals surface area contributed by atoms with Crippen LogP contribution >= 0.6 is 0 Å². The van der Waals surface area contributed by atoms with Crippen molar-refractivity contribution in [3.05, 3.63) is 40.7 Å². The highest BCUT2D eigenvalue weighted by molar-refractivity contribution is 6.10. The minimum atomic E-state index is -0.308. The molecule has 0 fully saturated rings. The minimum Gasteiger partial charge on any atom is -0.493 e. The molecule has 2 aromatic rings. The van der Waals surface area contributed by atoms with Crippen molar-refractivity contribution in [2.24, 2.45) is 7.05 Å². The van der Waals surface area contributed by atoms with E-state index >= 15 is 0 Å². The van der Waals surface area contributed by atoms with Crippen molar-refractivity contribution in [2.75, 3.05) is 14.2 Å². The number of ketones is 1. The van der Waals surface area contributed by atoms with E-state index in [9.17, 15) is 9.59 Å². The average Bonchev–Trinajstić information content (AvgIpc) is 3.17. The van der Waals surface area contributed by atoms with Gasteiger partial charge in [-0.1, -0.05) is 32.6 Å². The van der Waals surface area contributed by atoms with Gasteiger partial charge in [0.2, 0.25) is 5.78 Å². The van der Waals surface area contributed by atoms with E-state index in [4.69, 9.17) is 14.2 Å². The largest absolute Gasteiger partial charge is 0.493 e. The van der Waals surface area contributed by atoms with Crippen molar-refractivity contribution in [1.29, 1.82) is 0 Å². The fourth-order valence-corrected chi connectivity index (χ4v) is 4.09. The highest BCUT2D eigenvalue weighted by atomic mass is 16.5. The summed E-state index contributed by atoms with van der Waals surface area (Å²) in [5.74, 6) is 0.949. The van der Waals surface area contributed by atoms with Crippen LogP contribution in [-0.2, 0) is 11.8 Å². The first-order valence-corrected chi connectivity index (χ1v) is 10.1. The van der Waals surface area contributed by atoms with Crippen molar-refractivity contribution in [3.8, 4) is 17.2 Å². The molecule has 0 amide bonds. The number of fused-ring (bicyclic) bond motifs is 1. The third kappa shape index (κ3) is 3.76. The number of methoxy groups -OCH3 is 2. The summed E-state index contributed by atoms with van der Waals surface area (Å²) in [6.45, 7) is 3.99. The quantitative estimate of drug-likeness (QED) is 0.351. The molecule has 1 unspecified atom stereocenters. The normalized spacial score (nSPS) is 15.2. The Bertz CT molecular complexity index is 928. The molecule has 1 aliphatic rings. The third-order valence-electron chi connectivity index (χ3n) is 5.65. The molecule has 1 atom stereocenters. The number of nitrogens with zero attached hydrogens (tertiary/aromatic N) is 1. The third-order valence-corrected chi connectivity index (χ3v) is 5.65. The molecule has 1 aliphatic heterocycles. The van der Waals surface area contributed by atoms with Gasteiger partial charge in [-0.3, -0.25) is 9.59 Å². The predicted octanol–water partition coefficient (Wildman–Crippen LogP) is 4.55. The zero-order valence-electron chi connectivity index (χ0n) is 17.8. The first kappa shape index (κ1) is 21.0. The van der Waals surface area contributed by atoms with E-state index < -0.39 is 0 Å². The molecule has 1 aromatic heterocycles. The molecule has 156 valence electrons. The second-order valence-corrected chi connectivity index (χ2v) is 7.47. The Morgan fingerprint density at radius 1 is 1.14 bits per heavy atom. The number of carbonyl (C=O) groups excluding carboxylic acids is 2. The smallest absolute Gasteiger partial charge is 0.320 e. The molecule has 0 bridgehead atoms. The Balaban J connectivity index is 1.94. The Labute approximate surface area is 171 Å². The summed E-state index contributed by atoms with van der Waals surface area (Å²) in [5.41, 5.74) is 2.55. The molecule has 0 spiro atoms. The van der Waals surface area contributed by atoms with Crippen molar-refractivity contribution in [3.63, 3.8) is 0 Å². The summed E-state index contributed by atoms with van der Waals surface area (Å²) in [7, 11) is 4.93. The Hall–Kier alpha value is -2.76. The standard InChI is InChI=1S/C23H29NO5/c1-6-7-8-9-10-16-20-22(29-23(16)26)14(2)19(24(20)3)21(25)15-11-12-17(27-4)18(13-15)28-5/h11-13,16H,6-10H2,1-5H3. The summed E-state index contributed by atoms with van der Waals surface area (Å²) in [4.78, 5) is 25.7. The Morgan fingerprint density at radius 2 is 1.86 bits per heavy atom. The van der Waals surface area contributed by atoms with Crippen LogP contribution in [-0.4, -0.2) is 30.5 Å². The first-order valence-electron chi connectivity index (χ1n) is 10.1. The van der Waals surface area contributed by atoms with E-state index in [0.717, 1.165) is 37.8 Å². The van der Waals surface area contributed by atoms with E-state index in [1.807, 2.05) is 18.5 Å². The van der Waals surface area contributed by atoms with E-state index in [2.05, 4.69) is 6.92 Å². The lowest BCUT2D eigenvalue weighted by atomic mass is 9.98. The molecule has 0 N–H and O–H groups in total. The maximum absolute atomic E-state index is 13.3. The fourth-order valence-electron chi connectivity index (χ4n) is 4.09. The average molecular weight is 399 g/mol. The molecule has 1 aromatic carbocycles. The fraction of sp³-hybridized carbons (Fsp3) is 0.478. The lowest BCUT2D eigenvalue weighted by molar-refractivity contribution is -0.134. The van der Waals surface area contributed by atoms with Crippen LogP contribution in [0.5, 0.6) is 17.2 Å². The number of aromatic nitrogens is 1. The van der Waals surface area contributed by atoms with E-state index in [1.54, 1.807) is 25.3 Å². The molecule has 6 nitrogen and oxygen atoms in total. The molecule has 3 rings (SSSR count). The molecule has 0 aliphatic carbocycles. The van der Waals surface area contributed by atoms with Gasteiger partial charge in [0.25, 0.3) is 0 Å². The van der Waals surface area contributed by atoms with Gasteiger partial charge in [0, 0.05) is 18.2 Å². The molecule has 29 heavy (non-hydrogen) atoms. The SMILES string of the molecule is CCCCCCC1C(=O)Oc2c(C)c(C(=O)c3ccc(OC)c(OC)c3)n(C)c21. The number of unbranched alkanes of at least 4 members (excludes halogenated alkanes) is 3. The van der Waals surface area contributed by atoms with Gasteiger partial charge in [0.1, 0.15) is 5.92 Å². The number of benzene rings is 1. The van der Waals surface area contributed by atoms with Crippen LogP contribution in [0, 0.1) is 6.92 Å². The highest BCUT2D eigenvalue weighted by Gasteiger charge is 2.40. The number of hydrogen-bond acceptors (Lipinski definition) is 5. The van der Waals surface area contributed by atoms with Gasteiger partial charge < -0.3 is 18.8 Å². The van der Waals surface area contributed by atoms with Crippen LogP contribution in [0.3, 0.4) is 0 Å². The topological polar surface area (TPSA) is 66.8 Å². The maximum atomic E-state index is 13.3. The van der Waals surface area contributed by atoms with Crippen molar-refractivity contribution >= 4 is 11.8 Å². The van der Waals surface area contributed by atoms with Crippen LogP contribution in [0.4, 0.5) is 0 Å². The van der Waals surface area contributed by atoms with Gasteiger partial charge in [-0.25, -0.2) is 0 Å². The monoisotopic (exact) mass is 399 g/mol. The number of carbonyl (C=O) groups is 2. The van der Waals surface area contributed by atoms with Gasteiger partial charge in [0.05, 0.1) is 25.6 Å². The minimum absolute atomic E-state index is 0.138. The molecule has 0 radical (unpaired) electrons. The summed E-state index contributed by atoms with van der Waals surface area (Å²) >= 11 is 0. The van der Waals surface area contributed by atoms with E-state index in [-0.39, 0.29) is 17.7 Å². The molecule has 6 heteroatoms. The Kier molecular flexibility index (Phi) is 6.30. The van der Waals surface area contributed by atoms with Gasteiger partial charge in [-0.2, -0.15) is 0 Å². The Morgan fingerprint density at radius 3 is 2.52 bits per heavy atom. The van der Waals surface area contributed by atoms with E-state index in [0.29, 0.717) is 34.1 Å². The number of ether oxygens (including phenoxy) is 3. The second kappa shape index (κ2) is 8.72. The lowest BCUT2D eigenvalue weighted by Gasteiger charge is -2.13. The van der Waals surface area contributed by atoms with Gasteiger partial charge >= 0.3 is 5.97 Å². The zero-order chi connectivity index (χ0) is 21.1. The van der Waals surface area contributed by atoms with Gasteiger partial charge in [0.15, 0.2) is 17.2 Å². The summed E-state index contributed by atoms with van der Waals surface area (Å²) in [6, 6.07) is 5.11. The molecule has 0 saturated carbocycles. The number of hydrogen-bond donors (Lipinski definition) is 0. The lowest BCUT2D eigenvalue weighted by Crippen LogP contribution is -2.17. The number of esters is 1. The second-order valence-electron chi connectivity index (χ2n) is 7.47. The zero-order valence-corrected chi connectivity index (χ0v) is 17.8. The molecular formula is C23H29NO5. The summed E-state index contributed by atoms with van der Waals surface area (Å²) in [5, 5.41) is 0. The van der Waals surface area contributed by atoms with Crippen LogP contribution < -0.4 is 14.2 Å². The summed E-state index contributed by atoms with van der Waals surface area (Å²) in [6.07, 6.45) is 5.11. The predicted molar refractivity (Wildman–Crippen MR) is 110 cm³/mol. The number of rotatable bonds is 9. The summed E-state index contributed by atoms with van der Waals surface area (Å²) < 4.78 is 18.0. The van der Waals surface area contributed by atoms with Crippen molar-refractivity contribution in [1.82, 2.24) is 4.57 Å². The maximum Gasteiger partial charge on any atom is 0.320 e.